The van der Waals surface area contributed by atoms with Crippen LogP contribution in [-0.2, 0) is 6.42 Å². The third-order valence-corrected chi connectivity index (χ3v) is 5.67. The van der Waals surface area contributed by atoms with Gasteiger partial charge in [0.1, 0.15) is 5.75 Å². The highest BCUT2D eigenvalue weighted by Crippen LogP contribution is 2.36. The lowest BCUT2D eigenvalue weighted by molar-refractivity contribution is 0.0986. The molecule has 0 radical (unpaired) electrons. The van der Waals surface area contributed by atoms with Crippen molar-refractivity contribution in [2.75, 3.05) is 23.9 Å². The molecule has 2 heterocycles. The first-order valence-corrected chi connectivity index (χ1v) is 10.5. The van der Waals surface area contributed by atoms with Gasteiger partial charge in [-0.2, -0.15) is 0 Å². The summed E-state index contributed by atoms with van der Waals surface area (Å²) in [4.78, 5) is 27.8. The van der Waals surface area contributed by atoms with E-state index in [9.17, 15) is 9.59 Å². The second-order valence-corrected chi connectivity index (χ2v) is 7.64. The van der Waals surface area contributed by atoms with E-state index in [4.69, 9.17) is 9.26 Å². The van der Waals surface area contributed by atoms with E-state index < -0.39 is 0 Å². The molecule has 0 spiro atoms. The lowest BCUT2D eigenvalue weighted by atomic mass is 10.1. The molecular formula is C26H21N3O4. The number of carbonyl (C=O) groups excluding carboxylic acids is 2. The standard InChI is InChI=1S/C26H21N3O4/c1-32-23-9-5-3-7-21(23)25(30)28-19-12-10-17(11-13-19)26(31)29-15-14-18-16-27-33-24(18)20-6-2-4-8-22(20)29/h2-13,16H,14-15H2,1H3,(H,28,30). The Morgan fingerprint density at radius 3 is 2.58 bits per heavy atom. The molecule has 1 aliphatic heterocycles. The molecule has 5 rings (SSSR count). The zero-order valence-corrected chi connectivity index (χ0v) is 17.9. The number of hydrogen-bond acceptors (Lipinski definition) is 5. The van der Waals surface area contributed by atoms with Crippen molar-refractivity contribution in [2.24, 2.45) is 0 Å². The maximum atomic E-state index is 13.4. The van der Waals surface area contributed by atoms with Gasteiger partial charge in [-0.25, -0.2) is 0 Å². The molecule has 2 amide bonds. The minimum atomic E-state index is -0.282. The van der Waals surface area contributed by atoms with Crippen LogP contribution in [0.25, 0.3) is 11.3 Å². The predicted molar refractivity (Wildman–Crippen MR) is 125 cm³/mol. The maximum Gasteiger partial charge on any atom is 0.259 e. The van der Waals surface area contributed by atoms with Gasteiger partial charge in [0.15, 0.2) is 5.76 Å². The van der Waals surface area contributed by atoms with Crippen molar-refractivity contribution in [1.82, 2.24) is 5.16 Å². The fourth-order valence-electron chi connectivity index (χ4n) is 4.01. The second kappa shape index (κ2) is 8.63. The van der Waals surface area contributed by atoms with E-state index in [0.29, 0.717) is 41.3 Å². The number of ether oxygens (including phenoxy) is 1. The second-order valence-electron chi connectivity index (χ2n) is 7.64. The lowest BCUT2D eigenvalue weighted by Crippen LogP contribution is -2.32. The van der Waals surface area contributed by atoms with Crippen LogP contribution >= 0.6 is 0 Å². The van der Waals surface area contributed by atoms with E-state index in [1.165, 1.54) is 7.11 Å². The number of amides is 2. The van der Waals surface area contributed by atoms with Crippen molar-refractivity contribution in [2.45, 2.75) is 6.42 Å². The Balaban J connectivity index is 1.37. The molecule has 3 aromatic carbocycles. The molecule has 164 valence electrons. The number of anilines is 2. The average molecular weight is 439 g/mol. The number of nitrogens with one attached hydrogen (secondary N) is 1. The number of nitrogens with zero attached hydrogens (tertiary/aromatic N) is 2. The van der Waals surface area contributed by atoms with Gasteiger partial charge in [0.25, 0.3) is 11.8 Å². The summed E-state index contributed by atoms with van der Waals surface area (Å²) in [5.74, 6) is 0.796. The monoisotopic (exact) mass is 439 g/mol. The molecule has 0 unspecified atom stereocenters. The van der Waals surface area contributed by atoms with Crippen LogP contribution in [0.4, 0.5) is 11.4 Å². The van der Waals surface area contributed by atoms with Crippen LogP contribution in [0, 0.1) is 0 Å². The summed E-state index contributed by atoms with van der Waals surface area (Å²) in [6, 6.07) is 21.5. The zero-order chi connectivity index (χ0) is 22.8. The lowest BCUT2D eigenvalue weighted by Gasteiger charge is -2.23. The first-order valence-electron chi connectivity index (χ1n) is 10.5. The Morgan fingerprint density at radius 2 is 1.76 bits per heavy atom. The molecule has 7 nitrogen and oxygen atoms in total. The third kappa shape index (κ3) is 3.85. The molecule has 7 heteroatoms. The fraction of sp³-hybridized carbons (Fsp3) is 0.115. The first-order chi connectivity index (χ1) is 16.2. The van der Waals surface area contributed by atoms with Crippen LogP contribution in [0.1, 0.15) is 26.3 Å². The molecule has 1 N–H and O–H groups in total. The number of methoxy groups -OCH3 is 1. The van der Waals surface area contributed by atoms with E-state index in [-0.39, 0.29) is 11.8 Å². The van der Waals surface area contributed by atoms with Crippen LogP contribution in [0.3, 0.4) is 0 Å². The molecule has 0 saturated carbocycles. The van der Waals surface area contributed by atoms with E-state index >= 15 is 0 Å². The number of para-hydroxylation sites is 2. The topological polar surface area (TPSA) is 84.7 Å². The molecule has 0 bridgehead atoms. The van der Waals surface area contributed by atoms with Crippen LogP contribution < -0.4 is 15.0 Å². The molecule has 1 aliphatic rings. The van der Waals surface area contributed by atoms with Gasteiger partial charge in [-0.1, -0.05) is 29.4 Å². The van der Waals surface area contributed by atoms with Crippen molar-refractivity contribution >= 4 is 23.2 Å². The number of rotatable bonds is 4. The molecule has 1 aromatic heterocycles. The minimum absolute atomic E-state index is 0.122. The van der Waals surface area contributed by atoms with Crippen LogP contribution in [-0.4, -0.2) is 30.6 Å². The average Bonchev–Trinajstić information content (AvgIpc) is 3.27. The highest BCUT2D eigenvalue weighted by Gasteiger charge is 2.27. The quantitative estimate of drug-likeness (QED) is 0.494. The summed E-state index contributed by atoms with van der Waals surface area (Å²) < 4.78 is 10.7. The summed E-state index contributed by atoms with van der Waals surface area (Å²) >= 11 is 0. The summed E-state index contributed by atoms with van der Waals surface area (Å²) in [5, 5.41) is 6.77. The highest BCUT2D eigenvalue weighted by molar-refractivity contribution is 6.09. The van der Waals surface area contributed by atoms with E-state index in [0.717, 1.165) is 16.8 Å². The van der Waals surface area contributed by atoms with Crippen molar-refractivity contribution < 1.29 is 18.8 Å². The predicted octanol–water partition coefficient (Wildman–Crippen LogP) is 4.81. The summed E-state index contributed by atoms with van der Waals surface area (Å²) in [5.41, 5.74) is 4.16. The van der Waals surface area contributed by atoms with Gasteiger partial charge < -0.3 is 19.5 Å². The molecule has 33 heavy (non-hydrogen) atoms. The third-order valence-electron chi connectivity index (χ3n) is 5.67. The van der Waals surface area contributed by atoms with E-state index in [1.54, 1.807) is 59.6 Å². The van der Waals surface area contributed by atoms with Crippen molar-refractivity contribution in [1.29, 1.82) is 0 Å². The normalized spacial score (nSPS) is 12.3. The Labute approximate surface area is 190 Å². The van der Waals surface area contributed by atoms with E-state index in [2.05, 4.69) is 10.5 Å². The molecule has 0 saturated heterocycles. The number of aromatic nitrogens is 1. The molecule has 0 fully saturated rings. The minimum Gasteiger partial charge on any atom is -0.496 e. The Hall–Kier alpha value is -4.39. The highest BCUT2D eigenvalue weighted by atomic mass is 16.5. The van der Waals surface area contributed by atoms with Gasteiger partial charge in [0.2, 0.25) is 0 Å². The number of benzene rings is 3. The van der Waals surface area contributed by atoms with Crippen molar-refractivity contribution in [3.05, 3.63) is 95.7 Å². The Bertz CT molecular complexity index is 1330. The van der Waals surface area contributed by atoms with Gasteiger partial charge in [0, 0.05) is 28.9 Å². The fourth-order valence-corrected chi connectivity index (χ4v) is 4.01. The summed E-state index contributed by atoms with van der Waals surface area (Å²) in [6.45, 7) is 0.510. The smallest absolute Gasteiger partial charge is 0.259 e. The molecule has 0 atom stereocenters. The Morgan fingerprint density at radius 1 is 1.00 bits per heavy atom. The summed E-state index contributed by atoms with van der Waals surface area (Å²) in [7, 11) is 1.52. The van der Waals surface area contributed by atoms with Gasteiger partial charge in [0.05, 0.1) is 24.6 Å². The van der Waals surface area contributed by atoms with Crippen LogP contribution in [0.2, 0.25) is 0 Å². The van der Waals surface area contributed by atoms with E-state index in [1.807, 2.05) is 24.3 Å². The summed E-state index contributed by atoms with van der Waals surface area (Å²) in [6.07, 6.45) is 2.35. The molecule has 0 aliphatic carbocycles. The van der Waals surface area contributed by atoms with Gasteiger partial charge in [-0.05, 0) is 55.0 Å². The van der Waals surface area contributed by atoms with Crippen LogP contribution in [0.15, 0.2) is 83.5 Å². The number of hydrogen-bond donors (Lipinski definition) is 1. The van der Waals surface area contributed by atoms with Gasteiger partial charge in [-0.15, -0.1) is 0 Å². The van der Waals surface area contributed by atoms with Crippen molar-refractivity contribution in [3.63, 3.8) is 0 Å². The first kappa shape index (κ1) is 20.5. The molecular weight excluding hydrogens is 418 g/mol. The van der Waals surface area contributed by atoms with Gasteiger partial charge in [-0.3, -0.25) is 9.59 Å². The Kier molecular flexibility index (Phi) is 5.36. The van der Waals surface area contributed by atoms with Gasteiger partial charge >= 0.3 is 0 Å². The SMILES string of the molecule is COc1ccccc1C(=O)Nc1ccc(C(=O)N2CCc3cnoc3-c3ccccc32)cc1. The van der Waals surface area contributed by atoms with Crippen molar-refractivity contribution in [3.8, 4) is 17.1 Å². The molecule has 4 aromatic rings. The maximum absolute atomic E-state index is 13.4. The zero-order valence-electron chi connectivity index (χ0n) is 17.9. The number of fused-ring (bicyclic) bond motifs is 3. The largest absolute Gasteiger partial charge is 0.496 e. The van der Waals surface area contributed by atoms with Crippen LogP contribution in [0.5, 0.6) is 5.75 Å². The number of carbonyl (C=O) groups is 2.